The Labute approximate surface area is 152 Å². The van der Waals surface area contributed by atoms with Crippen molar-refractivity contribution in [1.29, 1.82) is 0 Å². The van der Waals surface area contributed by atoms with E-state index in [1.807, 2.05) is 0 Å². The second-order valence-corrected chi connectivity index (χ2v) is 9.93. The van der Waals surface area contributed by atoms with Crippen LogP contribution in [0, 0.1) is 59.2 Å². The predicted molar refractivity (Wildman–Crippen MR) is 99.5 cm³/mol. The number of terminal acetylenes is 1. The molecule has 9 atom stereocenters. The fraction of sp³-hybridized carbons (Fsp3) is 0.783. The number of hydrogen-bond donors (Lipinski definition) is 1. The zero-order chi connectivity index (χ0) is 18.1. The summed E-state index contributed by atoms with van der Waals surface area (Å²) in [7, 11) is 0. The van der Waals surface area contributed by atoms with Crippen molar-refractivity contribution in [1.82, 2.24) is 0 Å². The molecule has 0 amide bonds. The minimum atomic E-state index is -1.02. The molecule has 2 heteroatoms. The van der Waals surface area contributed by atoms with E-state index in [-0.39, 0.29) is 11.3 Å². The van der Waals surface area contributed by atoms with Gasteiger partial charge in [-0.05, 0) is 67.1 Å². The lowest BCUT2D eigenvalue weighted by Crippen LogP contribution is -2.56. The third kappa shape index (κ3) is 2.11. The van der Waals surface area contributed by atoms with Gasteiger partial charge in [-0.2, -0.15) is 0 Å². The second-order valence-electron chi connectivity index (χ2n) is 9.93. The zero-order valence-electron chi connectivity index (χ0n) is 15.9. The van der Waals surface area contributed by atoms with Crippen LogP contribution < -0.4 is 0 Å². The highest BCUT2D eigenvalue weighted by Gasteiger charge is 2.66. The number of fused-ring (bicyclic) bond motifs is 5. The van der Waals surface area contributed by atoms with Gasteiger partial charge in [0, 0.05) is 18.3 Å². The number of aliphatic hydroxyl groups is 1. The van der Waals surface area contributed by atoms with Gasteiger partial charge < -0.3 is 5.11 Å². The van der Waals surface area contributed by atoms with Gasteiger partial charge in [0.2, 0.25) is 0 Å². The van der Waals surface area contributed by atoms with Crippen LogP contribution >= 0.6 is 0 Å². The smallest absolute Gasteiger partial charge is 0.133 e. The maximum Gasteiger partial charge on any atom is 0.133 e. The van der Waals surface area contributed by atoms with E-state index in [1.54, 1.807) is 0 Å². The molecule has 0 aromatic heterocycles. The van der Waals surface area contributed by atoms with Crippen molar-refractivity contribution in [3.63, 3.8) is 0 Å². The standard InChI is InChI=1S/C23H32O2/c1-6-23(25)15(4)10-19-21-13(2)9-16-11-17(24)7-8-18(16)20(21)14(3)12-22(19,23)5/h1,13,15-16,18-21,25H,3,7-12H2,2,4-5H3/t13?,15-,16+,18?,19?,20?,21?,22+,23+/m1/s1. The highest BCUT2D eigenvalue weighted by molar-refractivity contribution is 5.79. The molecule has 0 aromatic carbocycles. The Morgan fingerprint density at radius 2 is 2.04 bits per heavy atom. The van der Waals surface area contributed by atoms with E-state index in [0.717, 1.165) is 38.5 Å². The summed E-state index contributed by atoms with van der Waals surface area (Å²) >= 11 is 0. The number of Topliss-reactive ketones (excluding diaryl/α,β-unsaturated/α-hetero) is 1. The second kappa shape index (κ2) is 5.46. The first-order valence-electron chi connectivity index (χ1n) is 10.1. The summed E-state index contributed by atoms with van der Waals surface area (Å²) < 4.78 is 0. The van der Waals surface area contributed by atoms with Gasteiger partial charge in [0.15, 0.2) is 0 Å². The van der Waals surface area contributed by atoms with Crippen molar-refractivity contribution in [3.05, 3.63) is 12.2 Å². The SMILES string of the molecule is C#C[C@]1(O)[C@H](C)CC2C3C(C)C[C@H]4CC(=O)CCC4C3C(=C)C[C@@]21C. The highest BCUT2D eigenvalue weighted by Crippen LogP contribution is 2.68. The number of allylic oxidation sites excluding steroid dienone is 1. The molecule has 1 N–H and O–H groups in total. The van der Waals surface area contributed by atoms with Crippen LogP contribution in [0.15, 0.2) is 12.2 Å². The van der Waals surface area contributed by atoms with Gasteiger partial charge in [-0.25, -0.2) is 0 Å². The Bertz CT molecular complexity index is 657. The van der Waals surface area contributed by atoms with Crippen LogP contribution in [0.3, 0.4) is 0 Å². The van der Waals surface area contributed by atoms with E-state index in [2.05, 4.69) is 33.3 Å². The molecule has 0 bridgehead atoms. The molecule has 5 unspecified atom stereocenters. The minimum Gasteiger partial charge on any atom is -0.377 e. The molecule has 4 fully saturated rings. The molecule has 4 aliphatic carbocycles. The molecule has 0 aliphatic heterocycles. The molecular formula is C23H32O2. The van der Waals surface area contributed by atoms with E-state index < -0.39 is 5.60 Å². The Balaban J connectivity index is 1.74. The molecule has 0 saturated heterocycles. The number of hydrogen-bond acceptors (Lipinski definition) is 2. The molecule has 4 rings (SSSR count). The molecule has 136 valence electrons. The number of ketones is 1. The summed E-state index contributed by atoms with van der Waals surface area (Å²) in [5, 5.41) is 11.4. The van der Waals surface area contributed by atoms with Crippen molar-refractivity contribution in [2.75, 3.05) is 0 Å². The summed E-state index contributed by atoms with van der Waals surface area (Å²) in [5.74, 6) is 6.67. The summed E-state index contributed by atoms with van der Waals surface area (Å²) in [6.07, 6.45) is 11.4. The maximum absolute atomic E-state index is 12.0. The van der Waals surface area contributed by atoms with Gasteiger partial charge in [0.25, 0.3) is 0 Å². The fourth-order valence-electron chi connectivity index (χ4n) is 7.74. The van der Waals surface area contributed by atoms with Crippen molar-refractivity contribution in [2.24, 2.45) is 46.8 Å². The average Bonchev–Trinajstić information content (AvgIpc) is 2.75. The molecule has 0 aromatic rings. The third-order valence-electron chi connectivity index (χ3n) is 8.82. The highest BCUT2D eigenvalue weighted by atomic mass is 16.3. The number of rotatable bonds is 0. The van der Waals surface area contributed by atoms with Crippen LogP contribution in [0.25, 0.3) is 0 Å². The monoisotopic (exact) mass is 340 g/mol. The number of carbonyl (C=O) groups is 1. The molecule has 25 heavy (non-hydrogen) atoms. The van der Waals surface area contributed by atoms with Crippen LogP contribution in [-0.4, -0.2) is 16.5 Å². The topological polar surface area (TPSA) is 37.3 Å². The van der Waals surface area contributed by atoms with Gasteiger partial charge in [-0.3, -0.25) is 4.79 Å². The lowest BCUT2D eigenvalue weighted by Gasteiger charge is -2.59. The van der Waals surface area contributed by atoms with Crippen LogP contribution in [-0.2, 0) is 4.79 Å². The lowest BCUT2D eigenvalue weighted by molar-refractivity contribution is -0.130. The molecule has 2 nitrogen and oxygen atoms in total. The lowest BCUT2D eigenvalue weighted by atomic mass is 9.46. The molecular weight excluding hydrogens is 308 g/mol. The fourth-order valence-corrected chi connectivity index (χ4v) is 7.74. The molecule has 4 aliphatic rings. The van der Waals surface area contributed by atoms with Crippen molar-refractivity contribution in [2.45, 2.75) is 64.9 Å². The van der Waals surface area contributed by atoms with E-state index in [1.165, 1.54) is 5.57 Å². The van der Waals surface area contributed by atoms with Gasteiger partial charge in [0.05, 0.1) is 0 Å². The van der Waals surface area contributed by atoms with Gasteiger partial charge >= 0.3 is 0 Å². The normalized spacial score (nSPS) is 55.1. The Hall–Kier alpha value is -1.07. The van der Waals surface area contributed by atoms with Gasteiger partial charge in [-0.1, -0.05) is 38.8 Å². The zero-order valence-corrected chi connectivity index (χ0v) is 15.9. The van der Waals surface area contributed by atoms with Crippen molar-refractivity contribution in [3.8, 4) is 12.3 Å². The minimum absolute atomic E-state index is 0.136. The van der Waals surface area contributed by atoms with Gasteiger partial charge in [0.1, 0.15) is 11.4 Å². The Morgan fingerprint density at radius 1 is 1.32 bits per heavy atom. The van der Waals surface area contributed by atoms with E-state index in [4.69, 9.17) is 6.42 Å². The molecule has 0 spiro atoms. The van der Waals surface area contributed by atoms with Crippen LogP contribution in [0.5, 0.6) is 0 Å². The summed E-state index contributed by atoms with van der Waals surface area (Å²) in [6.45, 7) is 11.2. The molecule has 0 radical (unpaired) electrons. The first-order valence-corrected chi connectivity index (χ1v) is 10.1. The van der Waals surface area contributed by atoms with Crippen molar-refractivity contribution < 1.29 is 9.90 Å². The van der Waals surface area contributed by atoms with Crippen LogP contribution in [0.2, 0.25) is 0 Å². The summed E-state index contributed by atoms with van der Waals surface area (Å²) in [5.41, 5.74) is 0.0118. The summed E-state index contributed by atoms with van der Waals surface area (Å²) in [6, 6.07) is 0. The third-order valence-corrected chi connectivity index (χ3v) is 8.82. The van der Waals surface area contributed by atoms with Gasteiger partial charge in [-0.15, -0.1) is 6.42 Å². The molecule has 4 saturated carbocycles. The molecule has 0 heterocycles. The first kappa shape index (κ1) is 17.3. The quantitative estimate of drug-likeness (QED) is 0.529. The first-order chi connectivity index (χ1) is 11.7. The van der Waals surface area contributed by atoms with Crippen molar-refractivity contribution >= 4 is 5.78 Å². The average molecular weight is 341 g/mol. The Kier molecular flexibility index (Phi) is 3.79. The summed E-state index contributed by atoms with van der Waals surface area (Å²) in [4.78, 5) is 12.0. The number of carbonyl (C=O) groups excluding carboxylic acids is 1. The predicted octanol–water partition coefficient (Wildman–Crippen LogP) is 4.23. The van der Waals surface area contributed by atoms with Crippen LogP contribution in [0.1, 0.15) is 59.3 Å². The Morgan fingerprint density at radius 3 is 2.72 bits per heavy atom. The van der Waals surface area contributed by atoms with Crippen LogP contribution in [0.4, 0.5) is 0 Å². The van der Waals surface area contributed by atoms with E-state index in [9.17, 15) is 9.90 Å². The largest absolute Gasteiger partial charge is 0.377 e. The van der Waals surface area contributed by atoms with E-state index >= 15 is 0 Å². The van der Waals surface area contributed by atoms with E-state index in [0.29, 0.717) is 41.3 Å². The maximum atomic E-state index is 12.0.